The van der Waals surface area contributed by atoms with Crippen molar-refractivity contribution in [2.24, 2.45) is 0 Å². The fourth-order valence-corrected chi connectivity index (χ4v) is 4.20. The van der Waals surface area contributed by atoms with Gasteiger partial charge in [0.05, 0.1) is 23.6 Å². The third kappa shape index (κ3) is 3.58. The van der Waals surface area contributed by atoms with Crippen molar-refractivity contribution in [3.8, 4) is 5.75 Å². The van der Waals surface area contributed by atoms with Gasteiger partial charge < -0.3 is 19.2 Å². The third-order valence-electron chi connectivity index (χ3n) is 5.72. The topological polar surface area (TPSA) is 93.8 Å². The molecule has 8 nitrogen and oxygen atoms in total. The number of ether oxygens (including phenoxy) is 3. The van der Waals surface area contributed by atoms with Gasteiger partial charge in [-0.05, 0) is 43.5 Å². The number of benzene rings is 1. The summed E-state index contributed by atoms with van der Waals surface area (Å²) >= 11 is 0. The molecule has 0 bridgehead atoms. The SMILES string of the molecule is COc1ccnc2[nH]c(CC(OC3CCCCO3)N3C(=O)c4ccccc4C3=O)cc12. The van der Waals surface area contributed by atoms with Gasteiger partial charge in [0.15, 0.2) is 6.29 Å². The van der Waals surface area contributed by atoms with Gasteiger partial charge in [-0.1, -0.05) is 12.1 Å². The van der Waals surface area contributed by atoms with E-state index in [0.29, 0.717) is 29.1 Å². The average Bonchev–Trinajstić information content (AvgIpc) is 3.32. The molecular formula is C23H23N3O5. The van der Waals surface area contributed by atoms with Gasteiger partial charge in [0.25, 0.3) is 11.8 Å². The second kappa shape index (κ2) is 8.13. The van der Waals surface area contributed by atoms with Crippen molar-refractivity contribution in [2.45, 2.75) is 38.2 Å². The monoisotopic (exact) mass is 421 g/mol. The van der Waals surface area contributed by atoms with Gasteiger partial charge in [0, 0.05) is 24.9 Å². The number of imide groups is 1. The van der Waals surface area contributed by atoms with Gasteiger partial charge in [-0.15, -0.1) is 0 Å². The minimum atomic E-state index is -0.811. The van der Waals surface area contributed by atoms with Crippen molar-refractivity contribution in [1.29, 1.82) is 0 Å². The third-order valence-corrected chi connectivity index (χ3v) is 5.72. The Morgan fingerprint density at radius 3 is 2.65 bits per heavy atom. The normalized spacial score (nSPS) is 19.6. The molecule has 2 unspecified atom stereocenters. The zero-order chi connectivity index (χ0) is 21.4. The number of carbonyl (C=O) groups excluding carboxylic acids is 2. The fourth-order valence-electron chi connectivity index (χ4n) is 4.20. The largest absolute Gasteiger partial charge is 0.496 e. The highest BCUT2D eigenvalue weighted by Gasteiger charge is 2.41. The van der Waals surface area contributed by atoms with E-state index in [-0.39, 0.29) is 18.2 Å². The van der Waals surface area contributed by atoms with Crippen LogP contribution in [0.15, 0.2) is 42.6 Å². The van der Waals surface area contributed by atoms with Gasteiger partial charge >= 0.3 is 0 Å². The molecule has 4 heterocycles. The smallest absolute Gasteiger partial charge is 0.263 e. The van der Waals surface area contributed by atoms with Gasteiger partial charge in [-0.3, -0.25) is 9.59 Å². The van der Waals surface area contributed by atoms with E-state index >= 15 is 0 Å². The summed E-state index contributed by atoms with van der Waals surface area (Å²) in [7, 11) is 1.60. The number of pyridine rings is 1. The van der Waals surface area contributed by atoms with Crippen LogP contribution in [0.2, 0.25) is 0 Å². The van der Waals surface area contributed by atoms with Crippen molar-refractivity contribution in [2.75, 3.05) is 13.7 Å². The maximum atomic E-state index is 13.1. The van der Waals surface area contributed by atoms with Crippen molar-refractivity contribution >= 4 is 22.8 Å². The highest BCUT2D eigenvalue weighted by atomic mass is 16.7. The number of amides is 2. The summed E-state index contributed by atoms with van der Waals surface area (Å²) in [5, 5.41) is 0.829. The van der Waals surface area contributed by atoms with Crippen LogP contribution in [0, 0.1) is 0 Å². The Hall–Kier alpha value is -3.23. The van der Waals surface area contributed by atoms with Crippen molar-refractivity contribution in [1.82, 2.24) is 14.9 Å². The Balaban J connectivity index is 1.48. The van der Waals surface area contributed by atoms with Crippen LogP contribution in [0.25, 0.3) is 11.0 Å². The van der Waals surface area contributed by atoms with E-state index in [2.05, 4.69) is 9.97 Å². The van der Waals surface area contributed by atoms with Gasteiger partial charge in [-0.25, -0.2) is 9.88 Å². The lowest BCUT2D eigenvalue weighted by Crippen LogP contribution is -2.45. The van der Waals surface area contributed by atoms with E-state index < -0.39 is 12.5 Å². The first kappa shape index (κ1) is 19.7. The maximum absolute atomic E-state index is 13.1. The van der Waals surface area contributed by atoms with E-state index in [1.54, 1.807) is 43.6 Å². The van der Waals surface area contributed by atoms with E-state index in [0.717, 1.165) is 30.3 Å². The molecule has 31 heavy (non-hydrogen) atoms. The minimum absolute atomic E-state index is 0.283. The Bertz CT molecular complexity index is 1100. The molecule has 1 fully saturated rings. The molecule has 1 aromatic carbocycles. The summed E-state index contributed by atoms with van der Waals surface area (Å²) in [5.41, 5.74) is 2.24. The first-order chi connectivity index (χ1) is 15.2. The van der Waals surface area contributed by atoms with Crippen LogP contribution in [-0.4, -0.2) is 52.9 Å². The predicted octanol–water partition coefficient (Wildman–Crippen LogP) is 3.28. The fraction of sp³-hybridized carbons (Fsp3) is 0.348. The average molecular weight is 421 g/mol. The van der Waals surface area contributed by atoms with Gasteiger partial charge in [0.1, 0.15) is 17.6 Å². The minimum Gasteiger partial charge on any atom is -0.496 e. The molecule has 2 amide bonds. The highest BCUT2D eigenvalue weighted by molar-refractivity contribution is 6.21. The molecule has 5 rings (SSSR count). The number of hydrogen-bond donors (Lipinski definition) is 1. The molecule has 0 saturated carbocycles. The van der Waals surface area contributed by atoms with Crippen LogP contribution in [0.4, 0.5) is 0 Å². The molecule has 2 aromatic heterocycles. The van der Waals surface area contributed by atoms with Crippen molar-refractivity contribution in [3.05, 3.63) is 59.4 Å². The summed E-state index contributed by atoms with van der Waals surface area (Å²) < 4.78 is 17.3. The predicted molar refractivity (Wildman–Crippen MR) is 112 cm³/mol. The zero-order valence-electron chi connectivity index (χ0n) is 17.2. The Kier molecular flexibility index (Phi) is 5.17. The molecule has 3 aromatic rings. The number of methoxy groups -OCH3 is 1. The lowest BCUT2D eigenvalue weighted by molar-refractivity contribution is -0.206. The molecule has 1 N–H and O–H groups in total. The van der Waals surface area contributed by atoms with Gasteiger partial charge in [0.2, 0.25) is 0 Å². The van der Waals surface area contributed by atoms with Gasteiger partial charge in [-0.2, -0.15) is 0 Å². The van der Waals surface area contributed by atoms with Crippen LogP contribution in [-0.2, 0) is 15.9 Å². The van der Waals surface area contributed by atoms with E-state index in [1.165, 1.54) is 4.90 Å². The molecule has 0 spiro atoms. The number of H-pyrrole nitrogens is 1. The van der Waals surface area contributed by atoms with E-state index in [4.69, 9.17) is 14.2 Å². The van der Waals surface area contributed by atoms with Crippen LogP contribution in [0.1, 0.15) is 45.7 Å². The zero-order valence-corrected chi connectivity index (χ0v) is 17.2. The summed E-state index contributed by atoms with van der Waals surface area (Å²) in [6.07, 6.45) is 3.36. The first-order valence-corrected chi connectivity index (χ1v) is 10.4. The lowest BCUT2D eigenvalue weighted by atomic mass is 10.1. The number of nitrogens with zero attached hydrogens (tertiary/aromatic N) is 2. The second-order valence-corrected chi connectivity index (χ2v) is 7.69. The first-order valence-electron chi connectivity index (χ1n) is 10.4. The Morgan fingerprint density at radius 1 is 1.19 bits per heavy atom. The highest BCUT2D eigenvalue weighted by Crippen LogP contribution is 2.30. The summed E-state index contributed by atoms with van der Waals surface area (Å²) in [5.74, 6) is -0.0113. The molecule has 0 radical (unpaired) electrons. The number of hydrogen-bond acceptors (Lipinski definition) is 6. The maximum Gasteiger partial charge on any atom is 0.263 e. The standard InChI is InChI=1S/C23H23N3O5/c1-29-18-9-10-24-21-17(18)12-14(25-21)13-19(31-20-8-4-5-11-30-20)26-22(27)15-6-2-3-7-16(15)23(26)28/h2-3,6-7,9-10,12,19-20H,4-5,8,11,13H2,1H3,(H,24,25). The van der Waals surface area contributed by atoms with Crippen LogP contribution >= 0.6 is 0 Å². The number of nitrogens with one attached hydrogen (secondary N) is 1. The van der Waals surface area contributed by atoms with Crippen molar-refractivity contribution in [3.63, 3.8) is 0 Å². The number of carbonyl (C=O) groups is 2. The molecule has 2 aliphatic heterocycles. The van der Waals surface area contributed by atoms with E-state index in [1.807, 2.05) is 6.07 Å². The quantitative estimate of drug-likeness (QED) is 0.614. The summed E-state index contributed by atoms with van der Waals surface area (Å²) in [4.78, 5) is 35.0. The number of aromatic nitrogens is 2. The molecule has 1 saturated heterocycles. The van der Waals surface area contributed by atoms with Crippen LogP contribution < -0.4 is 4.74 Å². The number of aromatic amines is 1. The molecule has 8 heteroatoms. The van der Waals surface area contributed by atoms with Crippen LogP contribution in [0.3, 0.4) is 0 Å². The van der Waals surface area contributed by atoms with Crippen molar-refractivity contribution < 1.29 is 23.8 Å². The molecule has 160 valence electrons. The number of rotatable bonds is 6. The Labute approximate surface area is 179 Å². The summed E-state index contributed by atoms with van der Waals surface area (Å²) in [6.45, 7) is 0.604. The Morgan fingerprint density at radius 2 is 1.97 bits per heavy atom. The molecule has 2 aliphatic rings. The summed E-state index contributed by atoms with van der Waals surface area (Å²) in [6, 6.07) is 10.5. The molecule has 0 aliphatic carbocycles. The lowest BCUT2D eigenvalue weighted by Gasteiger charge is -2.31. The van der Waals surface area contributed by atoms with E-state index in [9.17, 15) is 9.59 Å². The molecular weight excluding hydrogens is 398 g/mol. The molecule has 2 atom stereocenters. The van der Waals surface area contributed by atoms with Crippen LogP contribution in [0.5, 0.6) is 5.75 Å². The second-order valence-electron chi connectivity index (χ2n) is 7.69. The number of fused-ring (bicyclic) bond motifs is 2.